The topological polar surface area (TPSA) is 44.8 Å². The van der Waals surface area contributed by atoms with Crippen molar-refractivity contribution in [2.24, 2.45) is 0 Å². The monoisotopic (exact) mass is 406 g/mol. The summed E-state index contributed by atoms with van der Waals surface area (Å²) in [6.45, 7) is 0.164. The van der Waals surface area contributed by atoms with Crippen LogP contribution in [0, 0.1) is 11.6 Å². The Labute approximate surface area is 166 Å². The molecule has 0 unspecified atom stereocenters. The number of halogens is 2. The van der Waals surface area contributed by atoms with Gasteiger partial charge in [0.1, 0.15) is 29.9 Å². The number of hydrogen-bond acceptors (Lipinski definition) is 5. The molecule has 4 rings (SSSR count). The molecule has 0 amide bonds. The number of fused-ring (bicyclic) bond motifs is 1. The van der Waals surface area contributed by atoms with Crippen LogP contribution in [-0.2, 0) is 26.2 Å². The van der Waals surface area contributed by atoms with Gasteiger partial charge in [-0.3, -0.25) is 13.2 Å². The molecule has 2 aromatic rings. The Bertz CT molecular complexity index is 861. The van der Waals surface area contributed by atoms with Crippen LogP contribution in [0.3, 0.4) is 0 Å². The molecule has 0 N–H and O–H groups in total. The minimum Gasteiger partial charge on any atom is -0.486 e. The lowest BCUT2D eigenvalue weighted by Crippen LogP contribution is -2.45. The number of aryl methyl sites for hydroxylation is 1. The van der Waals surface area contributed by atoms with Gasteiger partial charge in [0.15, 0.2) is 23.9 Å². The number of ketones is 1. The molecule has 1 heterocycles. The van der Waals surface area contributed by atoms with E-state index < -0.39 is 17.2 Å². The fourth-order valence-electron chi connectivity index (χ4n) is 3.64. The van der Waals surface area contributed by atoms with Crippen LogP contribution in [-0.4, -0.2) is 17.5 Å². The molecule has 2 aromatic carbocycles. The third-order valence-electron chi connectivity index (χ3n) is 5.34. The van der Waals surface area contributed by atoms with Crippen LogP contribution in [0.25, 0.3) is 0 Å². The Morgan fingerprint density at radius 2 is 2.00 bits per heavy atom. The number of rotatable bonds is 6. The highest BCUT2D eigenvalue weighted by Crippen LogP contribution is 2.46. The highest BCUT2D eigenvalue weighted by molar-refractivity contribution is 7.90. The van der Waals surface area contributed by atoms with E-state index in [0.29, 0.717) is 25.7 Å². The van der Waals surface area contributed by atoms with Crippen LogP contribution in [0.15, 0.2) is 42.5 Å². The van der Waals surface area contributed by atoms with E-state index in [9.17, 15) is 13.6 Å². The third kappa shape index (κ3) is 4.06. The van der Waals surface area contributed by atoms with Crippen molar-refractivity contribution in [2.75, 3.05) is 0 Å². The van der Waals surface area contributed by atoms with Gasteiger partial charge in [-0.05, 0) is 36.5 Å². The Morgan fingerprint density at radius 3 is 2.82 bits per heavy atom. The highest BCUT2D eigenvalue weighted by atomic mass is 32.2. The van der Waals surface area contributed by atoms with E-state index in [1.54, 1.807) is 0 Å². The van der Waals surface area contributed by atoms with Crippen molar-refractivity contribution in [3.63, 3.8) is 0 Å². The average molecular weight is 406 g/mol. The van der Waals surface area contributed by atoms with Gasteiger partial charge in [0.05, 0.1) is 0 Å². The maximum atomic E-state index is 14.5. The molecule has 2 aliphatic rings. The fraction of sp³-hybridized carbons (Fsp3) is 0.381. The molecule has 148 valence electrons. The summed E-state index contributed by atoms with van der Waals surface area (Å²) >= 11 is 0.890. The Balaban J connectivity index is 1.43. The normalized spacial score (nSPS) is 24.2. The SMILES string of the molecule is O=C1CC[C@]2(CCc3cc(F)c(OCc4ccccc4)cc3F)OSO[C@@H]2C1. The first-order chi connectivity index (χ1) is 13.6. The second-order valence-electron chi connectivity index (χ2n) is 7.19. The molecule has 1 aliphatic carbocycles. The number of benzene rings is 2. The molecule has 7 heteroatoms. The number of Topliss-reactive ketones (excluding diaryl/α,β-unsaturated/α-hetero) is 1. The van der Waals surface area contributed by atoms with Crippen molar-refractivity contribution in [2.45, 2.75) is 50.4 Å². The van der Waals surface area contributed by atoms with E-state index in [0.717, 1.165) is 24.0 Å². The molecule has 0 aromatic heterocycles. The van der Waals surface area contributed by atoms with Gasteiger partial charge in [-0.1, -0.05) is 30.3 Å². The summed E-state index contributed by atoms with van der Waals surface area (Å²) < 4.78 is 45.5. The van der Waals surface area contributed by atoms with Crippen LogP contribution in [0.5, 0.6) is 5.75 Å². The molecule has 28 heavy (non-hydrogen) atoms. The van der Waals surface area contributed by atoms with E-state index in [4.69, 9.17) is 13.1 Å². The largest absolute Gasteiger partial charge is 0.486 e. The Morgan fingerprint density at radius 1 is 1.18 bits per heavy atom. The minimum absolute atomic E-state index is 0.111. The van der Waals surface area contributed by atoms with E-state index >= 15 is 0 Å². The molecule has 1 saturated carbocycles. The van der Waals surface area contributed by atoms with Crippen molar-refractivity contribution in [1.82, 2.24) is 0 Å². The van der Waals surface area contributed by atoms with E-state index in [2.05, 4.69) is 0 Å². The molecule has 2 atom stereocenters. The Kier molecular flexibility index (Phi) is 5.66. The molecule has 1 saturated heterocycles. The minimum atomic E-state index is -0.621. The number of carbonyl (C=O) groups is 1. The lowest BCUT2D eigenvalue weighted by atomic mass is 9.78. The summed E-state index contributed by atoms with van der Waals surface area (Å²) in [6, 6.07) is 11.6. The molecule has 2 fully saturated rings. The zero-order valence-electron chi connectivity index (χ0n) is 15.2. The summed E-state index contributed by atoms with van der Waals surface area (Å²) in [5.74, 6) is -1.08. The second-order valence-corrected chi connectivity index (χ2v) is 7.69. The summed E-state index contributed by atoms with van der Waals surface area (Å²) in [5.41, 5.74) is 0.513. The first kappa shape index (κ1) is 19.4. The van der Waals surface area contributed by atoms with Crippen molar-refractivity contribution in [1.29, 1.82) is 0 Å². The molecule has 0 bridgehead atoms. The summed E-state index contributed by atoms with van der Waals surface area (Å²) in [4.78, 5) is 11.7. The van der Waals surface area contributed by atoms with Gasteiger partial charge >= 0.3 is 0 Å². The van der Waals surface area contributed by atoms with E-state index in [-0.39, 0.29) is 36.2 Å². The van der Waals surface area contributed by atoms with Crippen LogP contribution in [0.1, 0.15) is 36.8 Å². The number of ether oxygens (including phenoxy) is 1. The zero-order chi connectivity index (χ0) is 19.6. The summed E-state index contributed by atoms with van der Waals surface area (Å²) in [7, 11) is 0. The van der Waals surface area contributed by atoms with Crippen molar-refractivity contribution < 1.29 is 26.7 Å². The molecule has 1 aliphatic heterocycles. The van der Waals surface area contributed by atoms with Gasteiger partial charge in [-0.2, -0.15) is 0 Å². The van der Waals surface area contributed by atoms with Gasteiger partial charge in [0.25, 0.3) is 0 Å². The lowest BCUT2D eigenvalue weighted by Gasteiger charge is -2.34. The number of hydrogen-bond donors (Lipinski definition) is 0. The third-order valence-corrected chi connectivity index (χ3v) is 6.05. The summed E-state index contributed by atoms with van der Waals surface area (Å²) in [5, 5.41) is 0. The quantitative estimate of drug-likeness (QED) is 0.636. The van der Waals surface area contributed by atoms with Gasteiger partial charge < -0.3 is 4.74 Å². The smallest absolute Gasteiger partial charge is 0.165 e. The van der Waals surface area contributed by atoms with Crippen LogP contribution in [0.2, 0.25) is 0 Å². The first-order valence-corrected chi connectivity index (χ1v) is 9.90. The number of carbonyl (C=O) groups excluding carboxylic acids is 1. The van der Waals surface area contributed by atoms with Crippen molar-refractivity contribution in [3.8, 4) is 5.75 Å². The predicted octanol–water partition coefficient (Wildman–Crippen LogP) is 4.95. The zero-order valence-corrected chi connectivity index (χ0v) is 16.0. The van der Waals surface area contributed by atoms with Gasteiger partial charge in [-0.25, -0.2) is 8.78 Å². The van der Waals surface area contributed by atoms with Gasteiger partial charge in [-0.15, -0.1) is 0 Å². The van der Waals surface area contributed by atoms with Gasteiger partial charge in [0, 0.05) is 18.9 Å². The van der Waals surface area contributed by atoms with Crippen LogP contribution < -0.4 is 4.74 Å². The first-order valence-electron chi connectivity index (χ1n) is 9.23. The maximum Gasteiger partial charge on any atom is 0.165 e. The van der Waals surface area contributed by atoms with Crippen molar-refractivity contribution >= 4 is 18.1 Å². The van der Waals surface area contributed by atoms with E-state index in [1.807, 2.05) is 30.3 Å². The molecular formula is C21H20F2O4S. The molecule has 0 spiro atoms. The highest BCUT2D eigenvalue weighted by Gasteiger charge is 2.50. The standard InChI is InChI=1S/C21H20F2O4S/c22-17-12-19(25-13-14-4-2-1-3-5-14)18(23)10-15(17)6-8-21-9-7-16(24)11-20(21)26-28-27-21/h1-5,10,12,20H,6-9,11,13H2/t20-,21+/m1/s1. The maximum absolute atomic E-state index is 14.5. The molecule has 0 radical (unpaired) electrons. The average Bonchev–Trinajstić information content (AvgIpc) is 3.11. The second kappa shape index (κ2) is 8.19. The Hall–Kier alpha value is -1.96. The van der Waals surface area contributed by atoms with Crippen molar-refractivity contribution in [3.05, 3.63) is 65.2 Å². The van der Waals surface area contributed by atoms with Gasteiger partial charge in [0.2, 0.25) is 0 Å². The van der Waals surface area contributed by atoms with Crippen LogP contribution >= 0.6 is 12.3 Å². The van der Waals surface area contributed by atoms with Crippen LogP contribution in [0.4, 0.5) is 8.78 Å². The molecule has 4 nitrogen and oxygen atoms in total. The van der Waals surface area contributed by atoms with E-state index in [1.165, 1.54) is 6.07 Å². The summed E-state index contributed by atoms with van der Waals surface area (Å²) in [6.07, 6.45) is 1.67. The predicted molar refractivity (Wildman–Crippen MR) is 101 cm³/mol. The molecular weight excluding hydrogens is 386 g/mol. The lowest BCUT2D eigenvalue weighted by molar-refractivity contribution is -0.127. The fourth-order valence-corrected chi connectivity index (χ4v) is 4.43.